The monoisotopic (exact) mass is 274 g/mol. The number of nitrogens with one attached hydrogen (secondary N) is 1. The highest BCUT2D eigenvalue weighted by Gasteiger charge is 2.25. The van der Waals surface area contributed by atoms with Gasteiger partial charge in [0.25, 0.3) is 0 Å². The summed E-state index contributed by atoms with van der Waals surface area (Å²) < 4.78 is 0. The lowest BCUT2D eigenvalue weighted by molar-refractivity contribution is -0.120. The van der Waals surface area contributed by atoms with Gasteiger partial charge >= 0.3 is 0 Å². The second-order valence-electron chi connectivity index (χ2n) is 5.83. The number of aliphatic hydroxyl groups excluding tert-OH is 1. The fourth-order valence-corrected chi connectivity index (χ4v) is 3.29. The fourth-order valence-electron chi connectivity index (χ4n) is 3.29. The van der Waals surface area contributed by atoms with Gasteiger partial charge in [-0.25, -0.2) is 0 Å². The number of benzene rings is 1. The number of carbonyl (C=O) groups is 1. The average Bonchev–Trinajstić information content (AvgIpc) is 2.95. The van der Waals surface area contributed by atoms with Gasteiger partial charge in [-0.2, -0.15) is 0 Å². The summed E-state index contributed by atoms with van der Waals surface area (Å²) in [6.45, 7) is 1.12. The molecular formula is C16H22N2O2. The van der Waals surface area contributed by atoms with E-state index in [-0.39, 0.29) is 5.91 Å². The van der Waals surface area contributed by atoms with Crippen molar-refractivity contribution < 1.29 is 9.90 Å². The van der Waals surface area contributed by atoms with Gasteiger partial charge in [0.2, 0.25) is 5.91 Å². The molecule has 1 heterocycles. The van der Waals surface area contributed by atoms with Gasteiger partial charge in [0.15, 0.2) is 0 Å². The molecule has 20 heavy (non-hydrogen) atoms. The third kappa shape index (κ3) is 2.80. The van der Waals surface area contributed by atoms with E-state index in [1.165, 1.54) is 12.8 Å². The number of hydrogen-bond donors (Lipinski definition) is 2. The maximum Gasteiger partial charge on any atom is 0.239 e. The first kappa shape index (κ1) is 13.4. The Morgan fingerprint density at radius 1 is 1.25 bits per heavy atom. The Balaban J connectivity index is 1.65. The highest BCUT2D eigenvalue weighted by molar-refractivity contribution is 5.82. The van der Waals surface area contributed by atoms with Crippen LogP contribution in [0.3, 0.4) is 0 Å². The summed E-state index contributed by atoms with van der Waals surface area (Å²) in [5.41, 5.74) is 1.93. The topological polar surface area (TPSA) is 52.6 Å². The number of nitrogens with zero attached hydrogens (tertiary/aromatic N) is 1. The van der Waals surface area contributed by atoms with Gasteiger partial charge in [0.05, 0.1) is 12.6 Å². The first-order valence-corrected chi connectivity index (χ1v) is 7.55. The van der Waals surface area contributed by atoms with Gasteiger partial charge in [-0.3, -0.25) is 4.79 Å². The van der Waals surface area contributed by atoms with Gasteiger partial charge in [0.1, 0.15) is 0 Å². The van der Waals surface area contributed by atoms with Crippen molar-refractivity contribution in [2.24, 2.45) is 0 Å². The number of amides is 1. The van der Waals surface area contributed by atoms with E-state index in [1.54, 1.807) is 0 Å². The van der Waals surface area contributed by atoms with Gasteiger partial charge < -0.3 is 15.3 Å². The quantitative estimate of drug-likeness (QED) is 0.886. The Bertz CT molecular complexity index is 483. The van der Waals surface area contributed by atoms with Crippen LogP contribution >= 0.6 is 0 Å². The summed E-state index contributed by atoms with van der Waals surface area (Å²) in [5.74, 6) is 0.100. The predicted octanol–water partition coefficient (Wildman–Crippen LogP) is 1.99. The maximum absolute atomic E-state index is 12.1. The molecule has 2 N–H and O–H groups in total. The standard InChI is InChI=1S/C16H22N2O2/c19-15-9-10-18(14-8-4-3-7-13(14)15)11-16(20)17-12-5-1-2-6-12/h3-4,7-8,12,15,19H,1-2,5-6,9-11H2,(H,17,20). The zero-order valence-electron chi connectivity index (χ0n) is 11.7. The van der Waals surface area contributed by atoms with Crippen molar-refractivity contribution in [2.75, 3.05) is 18.0 Å². The van der Waals surface area contributed by atoms with Crippen LogP contribution in [0.15, 0.2) is 24.3 Å². The van der Waals surface area contributed by atoms with Gasteiger partial charge in [-0.1, -0.05) is 31.0 Å². The number of aliphatic hydroxyl groups is 1. The van der Waals surface area contributed by atoms with E-state index < -0.39 is 6.10 Å². The normalized spacial score (nSPS) is 22.6. The van der Waals surface area contributed by atoms with Crippen molar-refractivity contribution in [3.8, 4) is 0 Å². The van der Waals surface area contributed by atoms with Crippen LogP contribution in [0.2, 0.25) is 0 Å². The third-order valence-corrected chi connectivity index (χ3v) is 4.36. The van der Waals surface area contributed by atoms with Crippen LogP contribution in [0.5, 0.6) is 0 Å². The molecule has 2 aliphatic rings. The molecule has 108 valence electrons. The molecule has 4 nitrogen and oxygen atoms in total. The lowest BCUT2D eigenvalue weighted by atomic mass is 9.99. The van der Waals surface area contributed by atoms with Crippen molar-refractivity contribution >= 4 is 11.6 Å². The van der Waals surface area contributed by atoms with Crippen molar-refractivity contribution in [3.63, 3.8) is 0 Å². The van der Waals surface area contributed by atoms with Crippen LogP contribution in [0.4, 0.5) is 5.69 Å². The second-order valence-corrected chi connectivity index (χ2v) is 5.83. The minimum Gasteiger partial charge on any atom is -0.388 e. The molecular weight excluding hydrogens is 252 g/mol. The molecule has 1 atom stereocenters. The van der Waals surface area contributed by atoms with Crippen LogP contribution in [0.25, 0.3) is 0 Å². The van der Waals surface area contributed by atoms with Crippen molar-refractivity contribution in [1.29, 1.82) is 0 Å². The van der Waals surface area contributed by atoms with Crippen molar-refractivity contribution in [1.82, 2.24) is 5.32 Å². The summed E-state index contributed by atoms with van der Waals surface area (Å²) in [6, 6.07) is 8.19. The van der Waals surface area contributed by atoms with E-state index in [0.717, 1.165) is 30.6 Å². The summed E-state index contributed by atoms with van der Waals surface area (Å²) in [4.78, 5) is 14.2. The molecule has 0 spiro atoms. The first-order chi connectivity index (χ1) is 9.74. The summed E-state index contributed by atoms with van der Waals surface area (Å²) in [6.07, 6.45) is 4.96. The second kappa shape index (κ2) is 5.83. The molecule has 1 aromatic carbocycles. The van der Waals surface area contributed by atoms with E-state index in [1.807, 2.05) is 24.3 Å². The Morgan fingerprint density at radius 2 is 2.00 bits per heavy atom. The van der Waals surface area contributed by atoms with E-state index >= 15 is 0 Å². The van der Waals surface area contributed by atoms with E-state index in [0.29, 0.717) is 19.0 Å². The molecule has 1 aliphatic carbocycles. The molecule has 4 heteroatoms. The van der Waals surface area contributed by atoms with Gasteiger partial charge in [-0.05, 0) is 25.3 Å². The summed E-state index contributed by atoms with van der Waals surface area (Å²) >= 11 is 0. The number of fused-ring (bicyclic) bond motifs is 1. The van der Waals surface area contributed by atoms with E-state index in [2.05, 4.69) is 10.2 Å². The fraction of sp³-hybridized carbons (Fsp3) is 0.562. The molecule has 1 amide bonds. The molecule has 1 aromatic rings. The Hall–Kier alpha value is -1.55. The zero-order valence-corrected chi connectivity index (χ0v) is 11.7. The average molecular weight is 274 g/mol. The molecule has 0 saturated heterocycles. The van der Waals surface area contributed by atoms with Crippen LogP contribution in [0, 0.1) is 0 Å². The highest BCUT2D eigenvalue weighted by atomic mass is 16.3. The Morgan fingerprint density at radius 3 is 2.80 bits per heavy atom. The van der Waals surface area contributed by atoms with Crippen LogP contribution in [-0.4, -0.2) is 30.1 Å². The molecule has 1 aliphatic heterocycles. The number of carbonyl (C=O) groups excluding carboxylic acids is 1. The lowest BCUT2D eigenvalue weighted by Crippen LogP contribution is -2.43. The largest absolute Gasteiger partial charge is 0.388 e. The highest BCUT2D eigenvalue weighted by Crippen LogP contribution is 2.33. The molecule has 3 rings (SSSR count). The van der Waals surface area contributed by atoms with Crippen molar-refractivity contribution in [3.05, 3.63) is 29.8 Å². The smallest absolute Gasteiger partial charge is 0.239 e. The molecule has 0 bridgehead atoms. The Kier molecular flexibility index (Phi) is 3.92. The van der Waals surface area contributed by atoms with Crippen LogP contribution in [-0.2, 0) is 4.79 Å². The summed E-state index contributed by atoms with van der Waals surface area (Å²) in [7, 11) is 0. The molecule has 0 radical (unpaired) electrons. The molecule has 0 aromatic heterocycles. The SMILES string of the molecule is O=C(CN1CCC(O)c2ccccc21)NC1CCCC1. The van der Waals surface area contributed by atoms with Crippen molar-refractivity contribution in [2.45, 2.75) is 44.2 Å². The maximum atomic E-state index is 12.1. The van der Waals surface area contributed by atoms with Gasteiger partial charge in [0, 0.05) is 23.8 Å². The number of para-hydroxylation sites is 1. The summed E-state index contributed by atoms with van der Waals surface area (Å²) in [5, 5.41) is 13.1. The minimum absolute atomic E-state index is 0.100. The van der Waals surface area contributed by atoms with Crippen LogP contribution in [0.1, 0.15) is 43.8 Å². The minimum atomic E-state index is -0.402. The number of hydrogen-bond acceptors (Lipinski definition) is 3. The van der Waals surface area contributed by atoms with E-state index in [9.17, 15) is 9.90 Å². The zero-order chi connectivity index (χ0) is 13.9. The van der Waals surface area contributed by atoms with E-state index in [4.69, 9.17) is 0 Å². The lowest BCUT2D eigenvalue weighted by Gasteiger charge is -2.33. The predicted molar refractivity (Wildman–Crippen MR) is 78.6 cm³/mol. The Labute approximate surface area is 119 Å². The number of anilines is 1. The molecule has 1 fully saturated rings. The van der Waals surface area contributed by atoms with Crippen LogP contribution < -0.4 is 10.2 Å². The van der Waals surface area contributed by atoms with Gasteiger partial charge in [-0.15, -0.1) is 0 Å². The molecule has 1 unspecified atom stereocenters. The number of rotatable bonds is 3. The molecule has 1 saturated carbocycles. The first-order valence-electron chi connectivity index (χ1n) is 7.55. The third-order valence-electron chi connectivity index (χ3n) is 4.36.